The molecule has 1 fully saturated rings. The zero-order valence-electron chi connectivity index (χ0n) is 8.88. The molecule has 0 aromatic carbocycles. The van der Waals surface area contributed by atoms with Crippen LogP contribution in [0, 0.1) is 5.92 Å². The van der Waals surface area contributed by atoms with Crippen molar-refractivity contribution in [1.82, 2.24) is 0 Å². The van der Waals surface area contributed by atoms with Crippen molar-refractivity contribution in [2.24, 2.45) is 5.92 Å². The van der Waals surface area contributed by atoms with Crippen LogP contribution in [0.25, 0.3) is 0 Å². The minimum atomic E-state index is -0.529. The largest absolute Gasteiger partial charge is 0.387 e. The normalized spacial score (nSPS) is 35.8. The first kappa shape index (κ1) is 11.0. The van der Waals surface area contributed by atoms with Crippen LogP contribution >= 0.6 is 0 Å². The fourth-order valence-electron chi connectivity index (χ4n) is 2.28. The van der Waals surface area contributed by atoms with E-state index in [0.29, 0.717) is 6.61 Å². The Morgan fingerprint density at radius 2 is 2.15 bits per heavy atom. The van der Waals surface area contributed by atoms with Crippen LogP contribution in [0.1, 0.15) is 45.4 Å². The third-order valence-corrected chi connectivity index (χ3v) is 3.26. The van der Waals surface area contributed by atoms with Gasteiger partial charge in [0.15, 0.2) is 0 Å². The van der Waals surface area contributed by atoms with Crippen LogP contribution in [0.5, 0.6) is 0 Å². The van der Waals surface area contributed by atoms with Crippen molar-refractivity contribution >= 4 is 0 Å². The number of rotatable bonds is 3. The van der Waals surface area contributed by atoms with Gasteiger partial charge >= 0.3 is 0 Å². The molecule has 0 saturated heterocycles. The van der Waals surface area contributed by atoms with Gasteiger partial charge in [0.25, 0.3) is 0 Å². The van der Waals surface area contributed by atoms with E-state index in [9.17, 15) is 5.11 Å². The molecule has 1 aliphatic rings. The molecule has 0 aliphatic heterocycles. The van der Waals surface area contributed by atoms with E-state index in [-0.39, 0.29) is 0 Å². The molecule has 1 aliphatic carbocycles. The molecule has 0 radical (unpaired) electrons. The lowest BCUT2D eigenvalue weighted by atomic mass is 9.94. The van der Waals surface area contributed by atoms with E-state index in [4.69, 9.17) is 4.74 Å². The molecule has 0 bridgehead atoms. The first-order valence-electron chi connectivity index (χ1n) is 5.41. The van der Waals surface area contributed by atoms with Gasteiger partial charge in [0.1, 0.15) is 0 Å². The van der Waals surface area contributed by atoms with E-state index in [1.165, 1.54) is 12.8 Å². The van der Waals surface area contributed by atoms with Crippen molar-refractivity contribution in [3.05, 3.63) is 0 Å². The van der Waals surface area contributed by atoms with Gasteiger partial charge in [0, 0.05) is 7.11 Å². The molecule has 0 amide bonds. The third-order valence-electron chi connectivity index (χ3n) is 3.26. The highest BCUT2D eigenvalue weighted by Crippen LogP contribution is 2.31. The summed E-state index contributed by atoms with van der Waals surface area (Å²) in [6.45, 7) is 2.74. The van der Waals surface area contributed by atoms with E-state index >= 15 is 0 Å². The molecule has 2 unspecified atom stereocenters. The maximum absolute atomic E-state index is 10.1. The van der Waals surface area contributed by atoms with Crippen molar-refractivity contribution in [1.29, 1.82) is 0 Å². The molecule has 2 heteroatoms. The van der Waals surface area contributed by atoms with E-state index in [2.05, 4.69) is 6.92 Å². The van der Waals surface area contributed by atoms with Crippen molar-refractivity contribution in [3.8, 4) is 0 Å². The van der Waals surface area contributed by atoms with Crippen LogP contribution in [-0.4, -0.2) is 24.4 Å². The molecule has 0 aromatic heterocycles. The molecular formula is C11H22O2. The van der Waals surface area contributed by atoms with Gasteiger partial charge in [-0.3, -0.25) is 0 Å². The first-order chi connectivity index (χ1) is 6.20. The lowest BCUT2D eigenvalue weighted by Crippen LogP contribution is -2.33. The zero-order chi connectivity index (χ0) is 9.73. The molecule has 2 nitrogen and oxygen atoms in total. The summed E-state index contributed by atoms with van der Waals surface area (Å²) in [6, 6.07) is 0. The molecular weight excluding hydrogens is 164 g/mol. The summed E-state index contributed by atoms with van der Waals surface area (Å²) in [5.41, 5.74) is -0.529. The van der Waals surface area contributed by atoms with E-state index in [1.807, 2.05) is 0 Å². The molecule has 1 saturated carbocycles. The van der Waals surface area contributed by atoms with Crippen molar-refractivity contribution in [2.75, 3.05) is 13.7 Å². The van der Waals surface area contributed by atoms with Crippen molar-refractivity contribution in [2.45, 2.75) is 51.0 Å². The summed E-state index contributed by atoms with van der Waals surface area (Å²) in [5.74, 6) is 0.825. The maximum Gasteiger partial charge on any atom is 0.0880 e. The highest BCUT2D eigenvalue weighted by molar-refractivity contribution is 4.82. The molecule has 78 valence electrons. The summed E-state index contributed by atoms with van der Waals surface area (Å²) in [4.78, 5) is 0. The second-order valence-corrected chi connectivity index (χ2v) is 4.36. The topological polar surface area (TPSA) is 29.5 Å². The highest BCUT2D eigenvalue weighted by Gasteiger charge is 2.30. The molecule has 0 heterocycles. The lowest BCUT2D eigenvalue weighted by Gasteiger charge is -2.25. The summed E-state index contributed by atoms with van der Waals surface area (Å²) < 4.78 is 5.06. The Morgan fingerprint density at radius 1 is 1.38 bits per heavy atom. The van der Waals surface area contributed by atoms with Crippen molar-refractivity contribution in [3.63, 3.8) is 0 Å². The molecule has 0 spiro atoms. The second-order valence-electron chi connectivity index (χ2n) is 4.36. The van der Waals surface area contributed by atoms with Crippen LogP contribution in [0.15, 0.2) is 0 Å². The average Bonchev–Trinajstić information content (AvgIpc) is 2.28. The minimum Gasteiger partial charge on any atom is -0.387 e. The Morgan fingerprint density at radius 3 is 2.77 bits per heavy atom. The van der Waals surface area contributed by atoms with Gasteiger partial charge in [-0.15, -0.1) is 0 Å². The smallest absolute Gasteiger partial charge is 0.0880 e. The molecule has 1 rings (SSSR count). The van der Waals surface area contributed by atoms with Crippen LogP contribution in [0.3, 0.4) is 0 Å². The zero-order valence-corrected chi connectivity index (χ0v) is 8.88. The van der Waals surface area contributed by atoms with Crippen LogP contribution in [0.4, 0.5) is 0 Å². The number of methoxy groups -OCH3 is 1. The fourth-order valence-corrected chi connectivity index (χ4v) is 2.28. The molecule has 0 aromatic rings. The highest BCUT2D eigenvalue weighted by atomic mass is 16.5. The standard InChI is InChI=1S/C11H22O2/c1-3-10-5-4-7-11(12,8-6-10)9-13-2/h10,12H,3-9H2,1-2H3. The SMILES string of the molecule is CCC1CCCC(O)(COC)CC1. The van der Waals surface area contributed by atoms with E-state index in [1.54, 1.807) is 7.11 Å². The molecule has 1 N–H and O–H groups in total. The predicted octanol–water partition coefficient (Wildman–Crippen LogP) is 2.35. The second kappa shape index (κ2) is 4.97. The van der Waals surface area contributed by atoms with Gasteiger partial charge < -0.3 is 9.84 Å². The number of ether oxygens (including phenoxy) is 1. The Balaban J connectivity index is 2.42. The lowest BCUT2D eigenvalue weighted by molar-refractivity contribution is -0.0421. The van der Waals surface area contributed by atoms with Crippen LogP contribution < -0.4 is 0 Å². The Bertz CT molecular complexity index is 147. The minimum absolute atomic E-state index is 0.503. The van der Waals surface area contributed by atoms with Gasteiger partial charge in [-0.05, 0) is 25.2 Å². The monoisotopic (exact) mass is 186 g/mol. The Kier molecular flexibility index (Phi) is 4.20. The quantitative estimate of drug-likeness (QED) is 0.686. The number of hydrogen-bond acceptors (Lipinski definition) is 2. The van der Waals surface area contributed by atoms with Crippen molar-refractivity contribution < 1.29 is 9.84 Å². The van der Waals surface area contributed by atoms with E-state index < -0.39 is 5.60 Å². The average molecular weight is 186 g/mol. The maximum atomic E-state index is 10.1. The van der Waals surface area contributed by atoms with Crippen LogP contribution in [0.2, 0.25) is 0 Å². The van der Waals surface area contributed by atoms with Gasteiger partial charge in [-0.2, -0.15) is 0 Å². The van der Waals surface area contributed by atoms with Gasteiger partial charge in [-0.25, -0.2) is 0 Å². The Hall–Kier alpha value is -0.0800. The van der Waals surface area contributed by atoms with E-state index in [0.717, 1.165) is 31.6 Å². The molecule has 2 atom stereocenters. The van der Waals surface area contributed by atoms with Gasteiger partial charge in [0.2, 0.25) is 0 Å². The summed E-state index contributed by atoms with van der Waals surface area (Å²) >= 11 is 0. The van der Waals surface area contributed by atoms with Gasteiger partial charge in [-0.1, -0.05) is 26.2 Å². The summed E-state index contributed by atoms with van der Waals surface area (Å²) in [6.07, 6.45) is 6.68. The summed E-state index contributed by atoms with van der Waals surface area (Å²) in [5, 5.41) is 10.1. The predicted molar refractivity (Wildman–Crippen MR) is 53.7 cm³/mol. The third kappa shape index (κ3) is 3.28. The van der Waals surface area contributed by atoms with Crippen LogP contribution in [-0.2, 0) is 4.74 Å². The number of aliphatic hydroxyl groups is 1. The van der Waals surface area contributed by atoms with Gasteiger partial charge in [0.05, 0.1) is 12.2 Å². The number of hydrogen-bond donors (Lipinski definition) is 1. The fraction of sp³-hybridized carbons (Fsp3) is 1.00. The summed E-state index contributed by atoms with van der Waals surface area (Å²) in [7, 11) is 1.67. The Labute approximate surface area is 81.3 Å². The molecule has 13 heavy (non-hydrogen) atoms. The first-order valence-corrected chi connectivity index (χ1v) is 5.41.